The van der Waals surface area contributed by atoms with E-state index in [9.17, 15) is 22.4 Å². The van der Waals surface area contributed by atoms with E-state index in [0.29, 0.717) is 12.0 Å². The van der Waals surface area contributed by atoms with E-state index in [4.69, 9.17) is 4.74 Å². The molecule has 1 amide bonds. The molecule has 0 aliphatic carbocycles. The fourth-order valence-corrected chi connectivity index (χ4v) is 2.04. The van der Waals surface area contributed by atoms with E-state index >= 15 is 0 Å². The Morgan fingerprint density at radius 2 is 1.88 bits per heavy atom. The number of carbonyl (C=O) groups excluding carboxylic acids is 1. The molecule has 8 heteroatoms. The molecule has 1 unspecified atom stereocenters. The van der Waals surface area contributed by atoms with Crippen molar-refractivity contribution in [2.45, 2.75) is 58.5 Å². The predicted octanol–water partition coefficient (Wildman–Crippen LogP) is 4.24. The van der Waals surface area contributed by atoms with E-state index in [1.165, 1.54) is 6.07 Å². The maximum absolute atomic E-state index is 13.3. The molecular weight excluding hydrogens is 340 g/mol. The zero-order chi connectivity index (χ0) is 19.3. The van der Waals surface area contributed by atoms with Crippen molar-refractivity contribution < 1.29 is 27.1 Å². The SMILES string of the molecule is CCC(CNC(=O)OC(C)(C)C)NCc1ccc(F)c(C(F)(F)F)c1. The highest BCUT2D eigenvalue weighted by Gasteiger charge is 2.34. The van der Waals surface area contributed by atoms with Gasteiger partial charge in [0, 0.05) is 19.1 Å². The summed E-state index contributed by atoms with van der Waals surface area (Å²) in [4.78, 5) is 11.6. The Morgan fingerprint density at radius 1 is 1.24 bits per heavy atom. The third kappa shape index (κ3) is 7.72. The van der Waals surface area contributed by atoms with Gasteiger partial charge in [0.2, 0.25) is 0 Å². The van der Waals surface area contributed by atoms with Gasteiger partial charge in [-0.15, -0.1) is 0 Å². The minimum atomic E-state index is -4.73. The van der Waals surface area contributed by atoms with Crippen LogP contribution in [0.4, 0.5) is 22.4 Å². The van der Waals surface area contributed by atoms with Crippen molar-refractivity contribution in [1.82, 2.24) is 10.6 Å². The summed E-state index contributed by atoms with van der Waals surface area (Å²) in [5, 5.41) is 5.65. The van der Waals surface area contributed by atoms with Crippen LogP contribution in [0.3, 0.4) is 0 Å². The molecule has 1 aromatic rings. The predicted molar refractivity (Wildman–Crippen MR) is 86.6 cm³/mol. The number of amides is 1. The summed E-state index contributed by atoms with van der Waals surface area (Å²) in [6.07, 6.45) is -4.65. The lowest BCUT2D eigenvalue weighted by Crippen LogP contribution is -2.42. The number of hydrogen-bond donors (Lipinski definition) is 2. The molecule has 0 spiro atoms. The lowest BCUT2D eigenvalue weighted by molar-refractivity contribution is -0.140. The van der Waals surface area contributed by atoms with Crippen LogP contribution in [0.15, 0.2) is 18.2 Å². The van der Waals surface area contributed by atoms with Crippen LogP contribution >= 0.6 is 0 Å². The fourth-order valence-electron chi connectivity index (χ4n) is 2.04. The van der Waals surface area contributed by atoms with Crippen LogP contribution in [-0.2, 0) is 17.5 Å². The average Bonchev–Trinajstić information content (AvgIpc) is 2.46. The molecule has 0 bridgehead atoms. The molecule has 0 heterocycles. The van der Waals surface area contributed by atoms with Gasteiger partial charge in [-0.25, -0.2) is 9.18 Å². The Kier molecular flexibility index (Phi) is 7.22. The van der Waals surface area contributed by atoms with Gasteiger partial charge < -0.3 is 15.4 Å². The summed E-state index contributed by atoms with van der Waals surface area (Å²) < 4.78 is 56.5. The topological polar surface area (TPSA) is 50.4 Å². The lowest BCUT2D eigenvalue weighted by Gasteiger charge is -2.22. The zero-order valence-electron chi connectivity index (χ0n) is 14.8. The number of ether oxygens (including phenoxy) is 1. The molecule has 0 fully saturated rings. The van der Waals surface area contributed by atoms with Crippen molar-refractivity contribution in [2.24, 2.45) is 0 Å². The molecule has 0 aliphatic heterocycles. The van der Waals surface area contributed by atoms with Gasteiger partial charge in [0.15, 0.2) is 0 Å². The van der Waals surface area contributed by atoms with E-state index in [1.54, 1.807) is 20.8 Å². The second-order valence-electron chi connectivity index (χ2n) is 6.68. The molecule has 0 saturated carbocycles. The number of halogens is 4. The number of rotatable bonds is 6. The smallest absolute Gasteiger partial charge is 0.419 e. The largest absolute Gasteiger partial charge is 0.444 e. The first-order chi connectivity index (χ1) is 11.4. The first-order valence-corrected chi connectivity index (χ1v) is 7.98. The molecule has 1 aromatic carbocycles. The van der Waals surface area contributed by atoms with Gasteiger partial charge in [0.05, 0.1) is 5.56 Å². The minimum absolute atomic E-state index is 0.123. The van der Waals surface area contributed by atoms with Gasteiger partial charge in [-0.3, -0.25) is 0 Å². The number of alkyl carbamates (subject to hydrolysis) is 1. The van der Waals surface area contributed by atoms with Crippen LogP contribution in [0.25, 0.3) is 0 Å². The molecule has 0 aliphatic rings. The number of alkyl halides is 3. The molecule has 1 atom stereocenters. The molecule has 0 saturated heterocycles. The third-order valence-corrected chi connectivity index (χ3v) is 3.32. The quantitative estimate of drug-likeness (QED) is 0.743. The molecule has 142 valence electrons. The van der Waals surface area contributed by atoms with Crippen LogP contribution < -0.4 is 10.6 Å². The van der Waals surface area contributed by atoms with Gasteiger partial charge in [0.25, 0.3) is 0 Å². The summed E-state index contributed by atoms with van der Waals surface area (Å²) in [6.45, 7) is 7.50. The first kappa shape index (κ1) is 21.2. The normalized spacial score (nSPS) is 13.4. The summed E-state index contributed by atoms with van der Waals surface area (Å²) in [7, 11) is 0. The standard InChI is InChI=1S/C17H24F4N2O2/c1-5-12(10-23-15(24)25-16(2,3)4)22-9-11-6-7-14(18)13(8-11)17(19,20)21/h6-8,12,22H,5,9-10H2,1-4H3,(H,23,24). The Balaban J connectivity index is 2.59. The molecule has 4 nitrogen and oxygen atoms in total. The highest BCUT2D eigenvalue weighted by molar-refractivity contribution is 5.67. The van der Waals surface area contributed by atoms with Crippen molar-refractivity contribution in [2.75, 3.05) is 6.54 Å². The van der Waals surface area contributed by atoms with Gasteiger partial charge in [-0.2, -0.15) is 13.2 Å². The summed E-state index contributed by atoms with van der Waals surface area (Å²) in [5.74, 6) is -1.30. The number of hydrogen-bond acceptors (Lipinski definition) is 3. The molecular formula is C17H24F4N2O2. The van der Waals surface area contributed by atoms with Gasteiger partial charge in [-0.05, 0) is 44.9 Å². The molecule has 25 heavy (non-hydrogen) atoms. The van der Waals surface area contributed by atoms with Crippen LogP contribution in [0.1, 0.15) is 45.2 Å². The van der Waals surface area contributed by atoms with E-state index in [-0.39, 0.29) is 19.1 Å². The molecule has 1 rings (SSSR count). The maximum atomic E-state index is 13.3. The maximum Gasteiger partial charge on any atom is 0.419 e. The second-order valence-corrected chi connectivity index (χ2v) is 6.68. The van der Waals surface area contributed by atoms with Gasteiger partial charge in [-0.1, -0.05) is 13.0 Å². The van der Waals surface area contributed by atoms with E-state index in [2.05, 4.69) is 10.6 Å². The monoisotopic (exact) mass is 364 g/mol. The lowest BCUT2D eigenvalue weighted by atomic mass is 10.1. The van der Waals surface area contributed by atoms with Crippen molar-refractivity contribution in [3.8, 4) is 0 Å². The van der Waals surface area contributed by atoms with E-state index in [1.807, 2.05) is 6.92 Å². The van der Waals surface area contributed by atoms with Crippen LogP contribution in [0.5, 0.6) is 0 Å². The van der Waals surface area contributed by atoms with Crippen LogP contribution in [0, 0.1) is 5.82 Å². The number of carbonyl (C=O) groups is 1. The van der Waals surface area contributed by atoms with Crippen molar-refractivity contribution >= 4 is 6.09 Å². The van der Waals surface area contributed by atoms with Gasteiger partial charge in [0.1, 0.15) is 11.4 Å². The Hall–Kier alpha value is -1.83. The Morgan fingerprint density at radius 3 is 2.40 bits per heavy atom. The van der Waals surface area contributed by atoms with E-state index in [0.717, 1.165) is 12.1 Å². The van der Waals surface area contributed by atoms with Crippen molar-refractivity contribution in [3.63, 3.8) is 0 Å². The Labute approximate surface area is 144 Å². The zero-order valence-corrected chi connectivity index (χ0v) is 14.8. The van der Waals surface area contributed by atoms with Crippen LogP contribution in [-0.4, -0.2) is 24.3 Å². The molecule has 0 aromatic heterocycles. The highest BCUT2D eigenvalue weighted by atomic mass is 19.4. The average molecular weight is 364 g/mol. The van der Waals surface area contributed by atoms with E-state index < -0.39 is 29.3 Å². The summed E-state index contributed by atoms with van der Waals surface area (Å²) in [6, 6.07) is 2.73. The van der Waals surface area contributed by atoms with Crippen LogP contribution in [0.2, 0.25) is 0 Å². The first-order valence-electron chi connectivity index (χ1n) is 7.98. The van der Waals surface area contributed by atoms with Gasteiger partial charge >= 0.3 is 12.3 Å². The fraction of sp³-hybridized carbons (Fsp3) is 0.588. The molecule has 0 radical (unpaired) electrons. The summed E-state index contributed by atoms with van der Waals surface area (Å²) >= 11 is 0. The Bertz CT molecular complexity index is 583. The third-order valence-electron chi connectivity index (χ3n) is 3.32. The minimum Gasteiger partial charge on any atom is -0.444 e. The van der Waals surface area contributed by atoms with Crippen molar-refractivity contribution in [1.29, 1.82) is 0 Å². The summed E-state index contributed by atoms with van der Waals surface area (Å²) in [5.41, 5.74) is -1.59. The number of benzene rings is 1. The van der Waals surface area contributed by atoms with Crippen molar-refractivity contribution in [3.05, 3.63) is 35.1 Å². The highest BCUT2D eigenvalue weighted by Crippen LogP contribution is 2.31. The number of nitrogens with one attached hydrogen (secondary N) is 2. The second kappa shape index (κ2) is 8.51. The molecule has 2 N–H and O–H groups in total.